The van der Waals surface area contributed by atoms with Gasteiger partial charge in [0.15, 0.2) is 0 Å². The second-order valence-electron chi connectivity index (χ2n) is 6.69. The van der Waals surface area contributed by atoms with E-state index in [9.17, 15) is 21.6 Å². The zero-order valence-corrected chi connectivity index (χ0v) is 17.0. The number of morpholine rings is 1. The van der Waals surface area contributed by atoms with Crippen LogP contribution in [0.3, 0.4) is 0 Å². The number of amides is 1. The molecular weight excluding hydrogens is 408 g/mol. The first-order chi connectivity index (χ1) is 13.2. The van der Waals surface area contributed by atoms with Crippen LogP contribution in [0, 0.1) is 0 Å². The molecule has 12 heteroatoms. The van der Waals surface area contributed by atoms with Gasteiger partial charge in [-0.2, -0.15) is 4.31 Å². The number of carbonyl (C=O) groups excluding carboxylic acids is 1. The Morgan fingerprint density at radius 2 is 1.57 bits per heavy atom. The number of benzene rings is 1. The quantitative estimate of drug-likeness (QED) is 0.599. The summed E-state index contributed by atoms with van der Waals surface area (Å²) in [6, 6.07) is 4.98. The Morgan fingerprint density at radius 1 is 0.964 bits per heavy atom. The first kappa shape index (κ1) is 21.1. The number of hydrogen-bond acceptors (Lipinski definition) is 7. The third-order valence-electron chi connectivity index (χ3n) is 4.83. The minimum atomic E-state index is -4.00. The molecular formula is C16H24N4O6S2. The van der Waals surface area contributed by atoms with Gasteiger partial charge in [-0.3, -0.25) is 9.69 Å². The van der Waals surface area contributed by atoms with Crippen molar-refractivity contribution in [2.24, 2.45) is 5.14 Å². The van der Waals surface area contributed by atoms with Crippen molar-refractivity contribution < 1.29 is 26.4 Å². The molecule has 2 N–H and O–H groups in total. The highest BCUT2D eigenvalue weighted by Crippen LogP contribution is 2.20. The van der Waals surface area contributed by atoms with Crippen molar-refractivity contribution >= 4 is 26.0 Å². The summed E-state index contributed by atoms with van der Waals surface area (Å²) in [7, 11) is -7.87. The number of rotatable bonds is 5. The average Bonchev–Trinajstić information content (AvgIpc) is 2.68. The van der Waals surface area contributed by atoms with Crippen LogP contribution in [0.2, 0.25) is 0 Å². The largest absolute Gasteiger partial charge is 0.379 e. The maximum absolute atomic E-state index is 12.8. The van der Waals surface area contributed by atoms with Crippen LogP contribution in [0.25, 0.3) is 0 Å². The predicted molar refractivity (Wildman–Crippen MR) is 100 cm³/mol. The van der Waals surface area contributed by atoms with Gasteiger partial charge in [-0.1, -0.05) is 6.07 Å². The van der Waals surface area contributed by atoms with E-state index >= 15 is 0 Å². The van der Waals surface area contributed by atoms with Gasteiger partial charge in [0.2, 0.25) is 26.0 Å². The SMILES string of the molecule is NS(=O)(=O)c1cccc(S(=O)(=O)N2CCN(C(=O)CN3CCOCC3)CC2)c1. The zero-order chi connectivity index (χ0) is 20.4. The lowest BCUT2D eigenvalue weighted by atomic mass is 10.3. The fourth-order valence-electron chi connectivity index (χ4n) is 3.19. The van der Waals surface area contributed by atoms with Crippen LogP contribution in [0.5, 0.6) is 0 Å². The topological polar surface area (TPSA) is 130 Å². The maximum Gasteiger partial charge on any atom is 0.243 e. The fraction of sp³-hybridized carbons (Fsp3) is 0.562. The minimum Gasteiger partial charge on any atom is -0.379 e. The number of hydrogen-bond donors (Lipinski definition) is 1. The van der Waals surface area contributed by atoms with Crippen LogP contribution in [-0.2, 0) is 29.6 Å². The molecule has 0 aromatic heterocycles. The van der Waals surface area contributed by atoms with Crippen LogP contribution >= 0.6 is 0 Å². The summed E-state index contributed by atoms with van der Waals surface area (Å²) in [6.07, 6.45) is 0. The van der Waals surface area contributed by atoms with Crippen LogP contribution in [0.1, 0.15) is 0 Å². The van der Waals surface area contributed by atoms with Crippen molar-refractivity contribution in [2.75, 3.05) is 59.0 Å². The summed E-state index contributed by atoms with van der Waals surface area (Å²) in [5.41, 5.74) is 0. The van der Waals surface area contributed by atoms with Crippen LogP contribution in [-0.4, -0.2) is 95.9 Å². The van der Waals surface area contributed by atoms with E-state index in [0.29, 0.717) is 32.8 Å². The smallest absolute Gasteiger partial charge is 0.243 e. The third kappa shape index (κ3) is 4.88. The molecule has 0 atom stereocenters. The second kappa shape index (κ2) is 8.43. The summed E-state index contributed by atoms with van der Waals surface area (Å²) < 4.78 is 55.1. The van der Waals surface area contributed by atoms with Crippen molar-refractivity contribution in [1.82, 2.24) is 14.1 Å². The molecule has 156 valence electrons. The van der Waals surface area contributed by atoms with E-state index in [2.05, 4.69) is 0 Å². The van der Waals surface area contributed by atoms with Gasteiger partial charge < -0.3 is 9.64 Å². The third-order valence-corrected chi connectivity index (χ3v) is 7.63. The lowest BCUT2D eigenvalue weighted by molar-refractivity contribution is -0.134. The van der Waals surface area contributed by atoms with Crippen LogP contribution in [0.15, 0.2) is 34.1 Å². The van der Waals surface area contributed by atoms with Gasteiger partial charge in [-0.05, 0) is 18.2 Å². The van der Waals surface area contributed by atoms with Gasteiger partial charge >= 0.3 is 0 Å². The van der Waals surface area contributed by atoms with Crippen molar-refractivity contribution in [1.29, 1.82) is 0 Å². The number of primary sulfonamides is 1. The molecule has 3 rings (SSSR count). The normalized spacial score (nSPS) is 20.2. The van der Waals surface area contributed by atoms with Gasteiger partial charge in [0.05, 0.1) is 29.5 Å². The van der Waals surface area contributed by atoms with Gasteiger partial charge in [0.25, 0.3) is 0 Å². The van der Waals surface area contributed by atoms with Crippen molar-refractivity contribution in [3.63, 3.8) is 0 Å². The number of nitrogens with zero attached hydrogens (tertiary/aromatic N) is 3. The molecule has 28 heavy (non-hydrogen) atoms. The Labute approximate surface area is 164 Å². The summed E-state index contributed by atoms with van der Waals surface area (Å²) in [5.74, 6) is -0.0322. The van der Waals surface area contributed by atoms with E-state index in [1.54, 1.807) is 4.90 Å². The molecule has 1 amide bonds. The highest BCUT2D eigenvalue weighted by molar-refractivity contribution is 7.90. The maximum atomic E-state index is 12.8. The van der Waals surface area contributed by atoms with Gasteiger partial charge in [0, 0.05) is 39.3 Å². The summed E-state index contributed by atoms with van der Waals surface area (Å²) in [4.78, 5) is 15.7. The summed E-state index contributed by atoms with van der Waals surface area (Å²) in [6.45, 7) is 3.81. The summed E-state index contributed by atoms with van der Waals surface area (Å²) in [5, 5.41) is 5.08. The van der Waals surface area contributed by atoms with E-state index in [0.717, 1.165) is 6.07 Å². The van der Waals surface area contributed by atoms with E-state index in [4.69, 9.17) is 9.88 Å². The molecule has 2 fully saturated rings. The lowest BCUT2D eigenvalue weighted by Gasteiger charge is -2.35. The number of sulfonamides is 2. The van der Waals surface area contributed by atoms with Crippen molar-refractivity contribution in [3.05, 3.63) is 24.3 Å². The zero-order valence-electron chi connectivity index (χ0n) is 15.4. The van der Waals surface area contributed by atoms with Gasteiger partial charge in [-0.15, -0.1) is 0 Å². The van der Waals surface area contributed by atoms with Crippen LogP contribution in [0.4, 0.5) is 0 Å². The molecule has 2 aliphatic heterocycles. The van der Waals surface area contributed by atoms with Crippen molar-refractivity contribution in [3.8, 4) is 0 Å². The van der Waals surface area contributed by atoms with E-state index in [1.165, 1.54) is 22.5 Å². The number of nitrogens with two attached hydrogens (primary N) is 1. The molecule has 0 aliphatic carbocycles. The molecule has 2 saturated heterocycles. The number of piperazine rings is 1. The predicted octanol–water partition coefficient (Wildman–Crippen LogP) is -1.50. The molecule has 2 aliphatic rings. The van der Waals surface area contributed by atoms with Crippen LogP contribution < -0.4 is 5.14 Å². The average molecular weight is 433 g/mol. The minimum absolute atomic E-state index is 0.0322. The summed E-state index contributed by atoms with van der Waals surface area (Å²) >= 11 is 0. The Bertz CT molecular complexity index is 920. The first-order valence-electron chi connectivity index (χ1n) is 8.89. The lowest BCUT2D eigenvalue weighted by Crippen LogP contribution is -2.53. The molecule has 1 aromatic carbocycles. The molecule has 0 saturated carbocycles. The molecule has 0 bridgehead atoms. The molecule has 0 unspecified atom stereocenters. The van der Waals surface area contributed by atoms with Crippen molar-refractivity contribution in [2.45, 2.75) is 9.79 Å². The Kier molecular flexibility index (Phi) is 6.37. The molecule has 0 spiro atoms. The van der Waals surface area contributed by atoms with Gasteiger partial charge in [0.1, 0.15) is 0 Å². The Morgan fingerprint density at radius 3 is 2.18 bits per heavy atom. The molecule has 1 aromatic rings. The molecule has 10 nitrogen and oxygen atoms in total. The van der Waals surface area contributed by atoms with Gasteiger partial charge in [-0.25, -0.2) is 22.0 Å². The standard InChI is InChI=1S/C16H24N4O6S2/c17-27(22,23)14-2-1-3-15(12-14)28(24,25)20-6-4-19(5-7-20)16(21)13-18-8-10-26-11-9-18/h1-3,12H,4-11,13H2,(H2,17,22,23). The number of ether oxygens (including phenoxy) is 1. The molecule has 0 radical (unpaired) electrons. The van der Waals surface area contributed by atoms with E-state index in [-0.39, 0.29) is 41.9 Å². The second-order valence-corrected chi connectivity index (χ2v) is 10.2. The first-order valence-corrected chi connectivity index (χ1v) is 11.9. The highest BCUT2D eigenvalue weighted by Gasteiger charge is 2.31. The highest BCUT2D eigenvalue weighted by atomic mass is 32.2. The van der Waals surface area contributed by atoms with E-state index in [1.807, 2.05) is 4.90 Å². The Balaban J connectivity index is 1.63. The molecule has 2 heterocycles. The Hall–Kier alpha value is -1.57. The number of carbonyl (C=O) groups is 1. The fourth-order valence-corrected chi connectivity index (χ4v) is 5.29. The van der Waals surface area contributed by atoms with E-state index < -0.39 is 20.0 Å². The monoisotopic (exact) mass is 432 g/mol.